The number of carbonyl (C=O) groups excluding carboxylic acids is 1. The highest BCUT2D eigenvalue weighted by molar-refractivity contribution is 5.97. The van der Waals surface area contributed by atoms with Crippen LogP contribution in [0.4, 0.5) is 0 Å². The van der Waals surface area contributed by atoms with Crippen molar-refractivity contribution in [3.63, 3.8) is 0 Å². The zero-order valence-electron chi connectivity index (χ0n) is 16.1. The van der Waals surface area contributed by atoms with Gasteiger partial charge < -0.3 is 53.9 Å². The Morgan fingerprint density at radius 2 is 1.41 bits per heavy atom. The number of halogens is 2. The second-order valence-corrected chi connectivity index (χ2v) is 6.31. The first-order valence-electron chi connectivity index (χ1n) is 8.74. The first-order valence-corrected chi connectivity index (χ1v) is 8.74. The second-order valence-electron chi connectivity index (χ2n) is 6.31. The Morgan fingerprint density at radius 1 is 0.926 bits per heavy atom. The third-order valence-corrected chi connectivity index (χ3v) is 4.82. The van der Waals surface area contributed by atoms with Gasteiger partial charge in [0, 0.05) is 5.56 Å². The zero-order valence-corrected chi connectivity index (χ0v) is 17.7. The molecule has 0 aliphatic carbocycles. The van der Waals surface area contributed by atoms with Crippen molar-refractivity contribution in [3.05, 3.63) is 17.7 Å². The Kier molecular flexibility index (Phi) is 12.4. The number of methoxy groups -OCH3 is 3. The van der Waals surface area contributed by atoms with Crippen molar-refractivity contribution in [2.24, 2.45) is 0 Å². The van der Waals surface area contributed by atoms with Gasteiger partial charge in [0.1, 0.15) is 32.7 Å². The topological polar surface area (TPSA) is 73.9 Å². The molecular weight excluding hydrogens is 395 g/mol. The molecule has 9 heteroatoms. The lowest BCUT2D eigenvalue weighted by Crippen LogP contribution is -3.28. The highest BCUT2D eigenvalue weighted by atomic mass is 35.5. The number of piperazine rings is 1. The highest BCUT2D eigenvalue weighted by Crippen LogP contribution is 2.38. The average molecular weight is 425 g/mol. The average Bonchev–Trinajstić information content (AvgIpc) is 2.66. The van der Waals surface area contributed by atoms with Crippen LogP contribution >= 0.6 is 0 Å². The predicted molar refractivity (Wildman–Crippen MR) is 93.3 cm³/mol. The van der Waals surface area contributed by atoms with E-state index >= 15 is 0 Å². The summed E-state index contributed by atoms with van der Waals surface area (Å²) in [6.07, 6.45) is 0.489. The normalized spacial score (nSPS) is 18.7. The van der Waals surface area contributed by atoms with Gasteiger partial charge in [-0.05, 0) is 12.1 Å². The van der Waals surface area contributed by atoms with E-state index in [4.69, 9.17) is 19.3 Å². The third kappa shape index (κ3) is 7.01. The number of ether oxygens (including phenoxy) is 3. The van der Waals surface area contributed by atoms with Crippen LogP contribution in [0.5, 0.6) is 17.2 Å². The van der Waals surface area contributed by atoms with Gasteiger partial charge in [-0.2, -0.15) is 0 Å². The van der Waals surface area contributed by atoms with Crippen LogP contribution in [-0.2, 0) is 0 Å². The van der Waals surface area contributed by atoms with Gasteiger partial charge in [-0.3, -0.25) is 4.79 Å². The number of quaternary nitrogens is 2. The van der Waals surface area contributed by atoms with Crippen LogP contribution in [0.1, 0.15) is 16.8 Å². The van der Waals surface area contributed by atoms with E-state index < -0.39 is 0 Å². The molecule has 27 heavy (non-hydrogen) atoms. The number of Topliss-reactive ketones (excluding diaryl/α,β-unsaturated/α-hetero) is 1. The first-order chi connectivity index (χ1) is 12.1. The van der Waals surface area contributed by atoms with Crippen LogP contribution in [-0.4, -0.2) is 78.1 Å². The Labute approximate surface area is 173 Å². The minimum Gasteiger partial charge on any atom is -1.00 e. The number of benzene rings is 1. The maximum atomic E-state index is 12.6. The van der Waals surface area contributed by atoms with Crippen LogP contribution in [0.2, 0.25) is 0 Å². The fourth-order valence-corrected chi connectivity index (χ4v) is 3.29. The molecule has 156 valence electrons. The fraction of sp³-hybridized carbons (Fsp3) is 0.611. The molecule has 0 amide bonds. The molecule has 1 saturated heterocycles. The lowest BCUT2D eigenvalue weighted by Gasteiger charge is -2.29. The molecule has 7 nitrogen and oxygen atoms in total. The number of hydrogen-bond donors (Lipinski definition) is 3. The monoisotopic (exact) mass is 424 g/mol. The molecule has 1 fully saturated rings. The number of hydrogen-bond acceptors (Lipinski definition) is 5. The summed E-state index contributed by atoms with van der Waals surface area (Å²) in [4.78, 5) is 15.5. The van der Waals surface area contributed by atoms with Gasteiger partial charge in [0.25, 0.3) is 0 Å². The molecule has 0 atom stereocenters. The quantitative estimate of drug-likeness (QED) is 0.343. The molecule has 0 radical (unpaired) electrons. The van der Waals surface area contributed by atoms with Crippen LogP contribution in [0.3, 0.4) is 0 Å². The Morgan fingerprint density at radius 3 is 1.81 bits per heavy atom. The number of aliphatic hydroxyl groups excluding tert-OH is 1. The van der Waals surface area contributed by atoms with Crippen molar-refractivity contribution in [2.45, 2.75) is 6.42 Å². The lowest BCUT2D eigenvalue weighted by atomic mass is 10.1. The molecule has 0 bridgehead atoms. The molecule has 1 aromatic carbocycles. The van der Waals surface area contributed by atoms with E-state index in [-0.39, 0.29) is 37.2 Å². The minimum atomic E-state index is 0. The Hall–Kier alpha value is -1.25. The number of ketones is 1. The molecule has 0 aromatic heterocycles. The molecule has 2 rings (SSSR count). The fourth-order valence-electron chi connectivity index (χ4n) is 3.29. The van der Waals surface area contributed by atoms with Gasteiger partial charge in [-0.1, -0.05) is 0 Å². The van der Waals surface area contributed by atoms with Gasteiger partial charge in [-0.25, -0.2) is 0 Å². The van der Waals surface area contributed by atoms with Crippen molar-refractivity contribution in [2.75, 3.05) is 67.2 Å². The standard InChI is InChI=1S/C18H28N2O5.2ClH/c1-23-16-12-14(13-17(24-2)18(16)25-3)15(22)4-5-19-6-8-20(9-7-19)10-11-21;;/h12-13,21H,4-11H2,1-3H3;2*1H. The number of rotatable bonds is 9. The van der Waals surface area contributed by atoms with Crippen LogP contribution in [0.15, 0.2) is 12.1 Å². The Balaban J connectivity index is 0.00000338. The molecular formula is C18H30Cl2N2O5. The number of carbonyl (C=O) groups is 1. The smallest absolute Gasteiger partial charge is 0.203 e. The van der Waals surface area contributed by atoms with Gasteiger partial charge in [0.05, 0.1) is 40.9 Å². The SMILES string of the molecule is COc1cc(C(=O)CC[NH+]2CC[NH+](CCO)CC2)cc(OC)c1OC.[Cl-].[Cl-]. The first kappa shape index (κ1) is 25.8. The maximum absolute atomic E-state index is 12.6. The number of nitrogens with one attached hydrogen (secondary N) is 2. The summed E-state index contributed by atoms with van der Waals surface area (Å²) in [6, 6.07) is 3.42. The summed E-state index contributed by atoms with van der Waals surface area (Å²) in [5.41, 5.74) is 0.582. The molecule has 3 N–H and O–H groups in total. The van der Waals surface area contributed by atoms with Crippen LogP contribution in [0, 0.1) is 0 Å². The van der Waals surface area contributed by atoms with Gasteiger partial charge in [0.15, 0.2) is 17.3 Å². The molecule has 0 spiro atoms. The van der Waals surface area contributed by atoms with Crippen molar-refractivity contribution in [1.82, 2.24) is 0 Å². The molecule has 1 aromatic rings. The summed E-state index contributed by atoms with van der Waals surface area (Å²) in [5.74, 6) is 1.57. The summed E-state index contributed by atoms with van der Waals surface area (Å²) < 4.78 is 15.9. The molecule has 1 aliphatic heterocycles. The van der Waals surface area contributed by atoms with E-state index in [1.165, 1.54) is 9.80 Å². The van der Waals surface area contributed by atoms with E-state index in [2.05, 4.69) is 0 Å². The number of aliphatic hydroxyl groups is 1. The van der Waals surface area contributed by atoms with E-state index in [0.717, 1.165) is 39.3 Å². The van der Waals surface area contributed by atoms with Crippen LogP contribution in [0.25, 0.3) is 0 Å². The van der Waals surface area contributed by atoms with Crippen molar-refractivity contribution >= 4 is 5.78 Å². The summed E-state index contributed by atoms with van der Waals surface area (Å²) in [5, 5.41) is 9.01. The van der Waals surface area contributed by atoms with Crippen LogP contribution < -0.4 is 48.8 Å². The van der Waals surface area contributed by atoms with Crippen molar-refractivity contribution < 1.29 is 58.7 Å². The predicted octanol–water partition coefficient (Wildman–Crippen LogP) is -7.93. The summed E-state index contributed by atoms with van der Waals surface area (Å²) in [7, 11) is 4.64. The second kappa shape index (κ2) is 13.0. The maximum Gasteiger partial charge on any atom is 0.203 e. The van der Waals surface area contributed by atoms with Gasteiger partial charge in [0.2, 0.25) is 5.75 Å². The largest absolute Gasteiger partial charge is 1.00 e. The van der Waals surface area contributed by atoms with E-state index in [1.807, 2.05) is 0 Å². The molecule has 1 aliphatic rings. The van der Waals surface area contributed by atoms with Crippen molar-refractivity contribution in [1.29, 1.82) is 0 Å². The van der Waals surface area contributed by atoms with E-state index in [9.17, 15) is 4.79 Å². The summed E-state index contributed by atoms with van der Waals surface area (Å²) in [6.45, 7) is 6.06. The Bertz CT molecular complexity index is 556. The summed E-state index contributed by atoms with van der Waals surface area (Å²) >= 11 is 0. The third-order valence-electron chi connectivity index (χ3n) is 4.82. The zero-order chi connectivity index (χ0) is 18.2. The lowest BCUT2D eigenvalue weighted by molar-refractivity contribution is -1.01. The minimum absolute atomic E-state index is 0. The highest BCUT2D eigenvalue weighted by Gasteiger charge is 2.23. The van der Waals surface area contributed by atoms with Gasteiger partial charge in [-0.15, -0.1) is 0 Å². The van der Waals surface area contributed by atoms with E-state index in [0.29, 0.717) is 29.2 Å². The van der Waals surface area contributed by atoms with Crippen molar-refractivity contribution in [3.8, 4) is 17.2 Å². The molecule has 0 unspecified atom stereocenters. The molecule has 1 heterocycles. The van der Waals surface area contributed by atoms with Gasteiger partial charge >= 0.3 is 0 Å². The van der Waals surface area contributed by atoms with E-state index in [1.54, 1.807) is 33.5 Å². The molecule has 0 saturated carbocycles.